The Balaban J connectivity index is 1.91. The van der Waals surface area contributed by atoms with Crippen LogP contribution in [0.4, 0.5) is 11.5 Å². The van der Waals surface area contributed by atoms with Gasteiger partial charge in [0.15, 0.2) is 0 Å². The molecule has 9 heteroatoms. The molecule has 1 amide bonds. The van der Waals surface area contributed by atoms with Gasteiger partial charge in [0, 0.05) is 25.2 Å². The minimum Gasteiger partial charge on any atom is -0.369 e. The highest BCUT2D eigenvalue weighted by Crippen LogP contribution is 2.26. The second kappa shape index (κ2) is 6.81. The van der Waals surface area contributed by atoms with Crippen LogP contribution in [0.1, 0.15) is 12.8 Å². The van der Waals surface area contributed by atoms with E-state index in [4.69, 9.17) is 5.73 Å². The van der Waals surface area contributed by atoms with Gasteiger partial charge < -0.3 is 11.1 Å². The van der Waals surface area contributed by atoms with E-state index in [1.807, 2.05) is 4.90 Å². The fourth-order valence-electron chi connectivity index (χ4n) is 2.28. The third kappa shape index (κ3) is 4.36. The number of primary amides is 1. The number of rotatable bonds is 5. The van der Waals surface area contributed by atoms with Crippen molar-refractivity contribution >= 4 is 33.3 Å². The summed E-state index contributed by atoms with van der Waals surface area (Å²) in [5, 5.41) is 13.9. The lowest BCUT2D eigenvalue weighted by atomic mass is 10.1. The number of nitrogens with two attached hydrogens (primary N) is 1. The van der Waals surface area contributed by atoms with E-state index >= 15 is 0 Å². The molecular formula is C12H16BrN5O3. The van der Waals surface area contributed by atoms with E-state index in [1.54, 1.807) is 0 Å². The lowest BCUT2D eigenvalue weighted by molar-refractivity contribution is -0.385. The van der Waals surface area contributed by atoms with Crippen molar-refractivity contribution in [2.75, 3.05) is 25.0 Å². The molecule has 2 heterocycles. The summed E-state index contributed by atoms with van der Waals surface area (Å²) >= 11 is 3.29. The van der Waals surface area contributed by atoms with Crippen molar-refractivity contribution in [1.82, 2.24) is 9.88 Å². The number of halogens is 1. The number of likely N-dealkylation sites (tertiary alicyclic amines) is 1. The normalized spacial score (nSPS) is 16.6. The van der Waals surface area contributed by atoms with Crippen LogP contribution in [0.2, 0.25) is 0 Å². The monoisotopic (exact) mass is 357 g/mol. The Hall–Kier alpha value is -1.74. The minimum atomic E-state index is -0.482. The molecule has 1 aromatic heterocycles. The molecule has 0 atom stereocenters. The molecule has 1 aliphatic heterocycles. The van der Waals surface area contributed by atoms with Gasteiger partial charge in [-0.3, -0.25) is 19.8 Å². The number of nitrogens with one attached hydrogen (secondary N) is 1. The van der Waals surface area contributed by atoms with Crippen LogP contribution in [0, 0.1) is 10.1 Å². The molecule has 0 bridgehead atoms. The van der Waals surface area contributed by atoms with Crippen molar-refractivity contribution in [3.63, 3.8) is 0 Å². The Kier molecular flexibility index (Phi) is 5.07. The number of carbonyl (C=O) groups excluding carboxylic acids is 1. The van der Waals surface area contributed by atoms with E-state index in [2.05, 4.69) is 26.2 Å². The summed E-state index contributed by atoms with van der Waals surface area (Å²) in [7, 11) is 0. The summed E-state index contributed by atoms with van der Waals surface area (Å²) < 4.78 is 0.566. The van der Waals surface area contributed by atoms with Crippen molar-refractivity contribution < 1.29 is 9.72 Å². The topological polar surface area (TPSA) is 114 Å². The van der Waals surface area contributed by atoms with Crippen LogP contribution < -0.4 is 11.1 Å². The van der Waals surface area contributed by atoms with Gasteiger partial charge in [0.2, 0.25) is 5.91 Å². The molecule has 0 aromatic carbocycles. The molecule has 0 saturated carbocycles. The fourth-order valence-corrected chi connectivity index (χ4v) is 2.73. The van der Waals surface area contributed by atoms with Gasteiger partial charge >= 0.3 is 0 Å². The Bertz CT molecular complexity index is 546. The predicted octanol–water partition coefficient (Wildman–Crippen LogP) is 1.11. The molecule has 1 fully saturated rings. The number of hydrogen-bond acceptors (Lipinski definition) is 6. The lowest BCUT2D eigenvalue weighted by Gasteiger charge is -2.31. The third-order valence-electron chi connectivity index (χ3n) is 3.35. The molecule has 3 N–H and O–H groups in total. The first-order valence-corrected chi connectivity index (χ1v) is 7.32. The first-order valence-electron chi connectivity index (χ1n) is 6.53. The van der Waals surface area contributed by atoms with Gasteiger partial charge in [0.05, 0.1) is 15.9 Å². The highest BCUT2D eigenvalue weighted by molar-refractivity contribution is 9.10. The highest BCUT2D eigenvalue weighted by atomic mass is 79.9. The van der Waals surface area contributed by atoms with Crippen molar-refractivity contribution in [3.8, 4) is 0 Å². The van der Waals surface area contributed by atoms with Crippen LogP contribution in [0.25, 0.3) is 0 Å². The average molecular weight is 358 g/mol. The zero-order valence-electron chi connectivity index (χ0n) is 11.3. The van der Waals surface area contributed by atoms with Crippen molar-refractivity contribution in [1.29, 1.82) is 0 Å². The van der Waals surface area contributed by atoms with Crippen molar-refractivity contribution in [2.24, 2.45) is 5.73 Å². The van der Waals surface area contributed by atoms with Crippen LogP contribution >= 0.6 is 15.9 Å². The van der Waals surface area contributed by atoms with E-state index in [9.17, 15) is 14.9 Å². The minimum absolute atomic E-state index is 0.0521. The van der Waals surface area contributed by atoms with Crippen LogP contribution in [-0.2, 0) is 4.79 Å². The predicted molar refractivity (Wildman–Crippen MR) is 80.9 cm³/mol. The molecular weight excluding hydrogens is 342 g/mol. The van der Waals surface area contributed by atoms with Gasteiger partial charge in [-0.25, -0.2) is 4.98 Å². The molecule has 1 aromatic rings. The molecule has 0 spiro atoms. The van der Waals surface area contributed by atoms with E-state index < -0.39 is 4.92 Å². The largest absolute Gasteiger partial charge is 0.369 e. The molecule has 8 nitrogen and oxygen atoms in total. The number of aromatic nitrogens is 1. The highest BCUT2D eigenvalue weighted by Gasteiger charge is 2.21. The zero-order valence-corrected chi connectivity index (χ0v) is 12.9. The summed E-state index contributed by atoms with van der Waals surface area (Å²) in [5.41, 5.74) is 5.12. The number of anilines is 1. The van der Waals surface area contributed by atoms with E-state index in [0.717, 1.165) is 25.9 Å². The second-order valence-corrected chi connectivity index (χ2v) is 5.80. The maximum absolute atomic E-state index is 10.9. The number of pyridine rings is 1. The molecule has 114 valence electrons. The molecule has 0 aliphatic carbocycles. The first kappa shape index (κ1) is 15.6. The summed E-state index contributed by atoms with van der Waals surface area (Å²) in [6, 6.07) is 1.65. The van der Waals surface area contributed by atoms with Gasteiger partial charge in [0.25, 0.3) is 5.69 Å². The number of hydrogen-bond donors (Lipinski definition) is 2. The number of piperidine rings is 1. The van der Waals surface area contributed by atoms with Gasteiger partial charge in [-0.05, 0) is 28.8 Å². The SMILES string of the molecule is NC(=O)CN1CCC(Nc2ncc([N+](=O)[O-])cc2Br)CC1. The Morgan fingerprint density at radius 1 is 1.57 bits per heavy atom. The first-order chi connectivity index (χ1) is 9.95. The lowest BCUT2D eigenvalue weighted by Crippen LogP contribution is -2.43. The average Bonchev–Trinajstić information content (AvgIpc) is 2.42. The van der Waals surface area contributed by atoms with E-state index in [0.29, 0.717) is 10.3 Å². The second-order valence-electron chi connectivity index (χ2n) is 4.94. The van der Waals surface area contributed by atoms with Gasteiger partial charge in [-0.15, -0.1) is 0 Å². The molecule has 0 unspecified atom stereocenters. The quantitative estimate of drug-likeness (QED) is 0.602. The van der Waals surface area contributed by atoms with Crippen LogP contribution in [0.15, 0.2) is 16.7 Å². The summed E-state index contributed by atoms with van der Waals surface area (Å²) in [4.78, 5) is 27.1. The maximum atomic E-state index is 10.9. The number of amides is 1. The molecule has 2 rings (SSSR count). The van der Waals surface area contributed by atoms with Gasteiger partial charge in [0.1, 0.15) is 12.0 Å². The Morgan fingerprint density at radius 2 is 2.24 bits per heavy atom. The zero-order chi connectivity index (χ0) is 15.4. The standard InChI is InChI=1S/C12H16BrN5O3/c13-10-5-9(18(20)21)6-15-12(10)16-8-1-3-17(4-2-8)7-11(14)19/h5-6,8H,1-4,7H2,(H2,14,19)(H,15,16). The Labute approximate surface area is 130 Å². The molecule has 0 radical (unpaired) electrons. The summed E-state index contributed by atoms with van der Waals surface area (Å²) in [6.45, 7) is 1.85. The van der Waals surface area contributed by atoms with Gasteiger partial charge in [-0.2, -0.15) is 0 Å². The summed E-state index contributed by atoms with van der Waals surface area (Å²) in [5.74, 6) is 0.273. The van der Waals surface area contributed by atoms with Crippen LogP contribution in [0.5, 0.6) is 0 Å². The summed E-state index contributed by atoms with van der Waals surface area (Å²) in [6.07, 6.45) is 2.95. The third-order valence-corrected chi connectivity index (χ3v) is 3.95. The smallest absolute Gasteiger partial charge is 0.288 e. The van der Waals surface area contributed by atoms with E-state index in [-0.39, 0.29) is 24.2 Å². The van der Waals surface area contributed by atoms with E-state index in [1.165, 1.54) is 12.3 Å². The maximum Gasteiger partial charge on any atom is 0.288 e. The van der Waals surface area contributed by atoms with Crippen molar-refractivity contribution in [3.05, 3.63) is 26.9 Å². The van der Waals surface area contributed by atoms with Gasteiger partial charge in [-0.1, -0.05) is 0 Å². The van der Waals surface area contributed by atoms with Crippen LogP contribution in [-0.4, -0.2) is 46.4 Å². The van der Waals surface area contributed by atoms with Crippen molar-refractivity contribution in [2.45, 2.75) is 18.9 Å². The number of nitrogens with zero attached hydrogens (tertiary/aromatic N) is 3. The number of carbonyl (C=O) groups is 1. The molecule has 1 aliphatic rings. The number of nitro groups is 1. The van der Waals surface area contributed by atoms with Crippen LogP contribution in [0.3, 0.4) is 0 Å². The Morgan fingerprint density at radius 3 is 2.76 bits per heavy atom. The molecule has 1 saturated heterocycles. The fraction of sp³-hybridized carbons (Fsp3) is 0.500. The molecule has 21 heavy (non-hydrogen) atoms.